The molecule has 18 nitrogen and oxygen atoms in total. The van der Waals surface area contributed by atoms with Crippen LogP contribution in [0.25, 0.3) is 11.0 Å². The predicted octanol–water partition coefficient (Wildman–Crippen LogP) is 2.78. The van der Waals surface area contributed by atoms with Crippen LogP contribution in [0.5, 0.6) is 23.0 Å². The van der Waals surface area contributed by atoms with Crippen LogP contribution in [0, 0.1) is 12.8 Å². The average molecular weight is 796 g/mol. The van der Waals surface area contributed by atoms with Gasteiger partial charge in [-0.15, -0.1) is 0 Å². The average Bonchev–Trinajstić information content (AvgIpc) is 3.19. The highest BCUT2D eigenvalue weighted by Gasteiger charge is 2.51. The Balaban J connectivity index is 1.24. The van der Waals surface area contributed by atoms with Crippen molar-refractivity contribution in [3.63, 3.8) is 0 Å². The van der Waals surface area contributed by atoms with Gasteiger partial charge in [-0.2, -0.15) is 0 Å². The molecule has 0 unspecified atom stereocenters. The zero-order valence-electron chi connectivity index (χ0n) is 31.2. The van der Waals surface area contributed by atoms with Gasteiger partial charge in [0, 0.05) is 17.5 Å². The second-order valence-electron chi connectivity index (χ2n) is 14.1. The predicted molar refractivity (Wildman–Crippen MR) is 198 cm³/mol. The number of aromatic nitrogens is 1. The first-order chi connectivity index (χ1) is 27.4. The van der Waals surface area contributed by atoms with Gasteiger partial charge in [0.1, 0.15) is 40.3 Å². The van der Waals surface area contributed by atoms with Gasteiger partial charge in [0.25, 0.3) is 5.91 Å². The lowest BCUT2D eigenvalue weighted by Gasteiger charge is -2.39. The van der Waals surface area contributed by atoms with Crippen molar-refractivity contribution in [2.75, 3.05) is 19.0 Å². The number of pyridine rings is 1. The van der Waals surface area contributed by atoms with Crippen LogP contribution in [0.1, 0.15) is 78.4 Å². The summed E-state index contributed by atoms with van der Waals surface area (Å²) in [5.74, 6) is -9.91. The number of ketones is 4. The van der Waals surface area contributed by atoms with Crippen molar-refractivity contribution in [2.45, 2.75) is 45.5 Å². The van der Waals surface area contributed by atoms with Crippen molar-refractivity contribution < 1.29 is 67.8 Å². The monoisotopic (exact) mass is 795 g/mol. The van der Waals surface area contributed by atoms with Crippen LogP contribution in [0.4, 0.5) is 5.69 Å². The molecule has 4 atom stereocenters. The summed E-state index contributed by atoms with van der Waals surface area (Å²) in [7, 11) is 1.38. The molecule has 3 bridgehead atoms. The molecule has 6 N–H and O–H groups in total. The number of ether oxygens (including phenoxy) is 3. The van der Waals surface area contributed by atoms with Crippen LogP contribution in [-0.4, -0.2) is 91.9 Å². The van der Waals surface area contributed by atoms with Crippen LogP contribution >= 0.6 is 0 Å². The normalized spacial score (nSPS) is 22.5. The van der Waals surface area contributed by atoms with E-state index in [1.165, 1.54) is 65.1 Å². The van der Waals surface area contributed by atoms with Crippen LogP contribution in [0.15, 0.2) is 68.7 Å². The number of aliphatic hydroxyl groups excluding tert-OH is 1. The minimum absolute atomic E-state index is 0.0455. The minimum Gasteiger partial charge on any atom is -0.507 e. The molecular formula is C40H33N3O15. The van der Waals surface area contributed by atoms with Crippen LogP contribution in [0.3, 0.4) is 0 Å². The molecule has 1 aliphatic carbocycles. The summed E-state index contributed by atoms with van der Waals surface area (Å²) in [6, 6.07) is 7.34. The van der Waals surface area contributed by atoms with Gasteiger partial charge >= 0.3 is 11.6 Å². The molecule has 0 fully saturated rings. The van der Waals surface area contributed by atoms with Gasteiger partial charge in [-0.25, -0.2) is 14.6 Å². The second-order valence-corrected chi connectivity index (χ2v) is 14.1. The van der Waals surface area contributed by atoms with E-state index in [4.69, 9.17) is 18.6 Å². The van der Waals surface area contributed by atoms with Crippen LogP contribution in [-0.2, 0) is 14.3 Å². The lowest BCUT2D eigenvalue weighted by atomic mass is 9.82. The smallest absolute Gasteiger partial charge is 0.364 e. The molecule has 4 aromatic rings. The quantitative estimate of drug-likeness (QED) is 0.125. The Kier molecular flexibility index (Phi) is 9.39. The Morgan fingerprint density at radius 1 is 0.966 bits per heavy atom. The number of anilines is 1. The topological polar surface area (TPSA) is 278 Å². The highest BCUT2D eigenvalue weighted by molar-refractivity contribution is 6.31. The number of carbonyl (C=O) groups excluding carboxylic acids is 6. The minimum atomic E-state index is -2.25. The lowest BCUT2D eigenvalue weighted by molar-refractivity contribution is -0.154. The summed E-state index contributed by atoms with van der Waals surface area (Å²) in [6.07, 6.45) is -2.90. The highest BCUT2D eigenvalue weighted by Crippen LogP contribution is 2.40. The first-order valence-electron chi connectivity index (χ1n) is 17.5. The SMILES string of the molecule is COc1ccc2c(O)c(NC(=O)c3ccc(O)c(C(=O)O[C@H]4[C@@H](C)/C=C(/C)C(=O)c5c(O)c(C)cc6c5C(=O)C5=C(NC[C@](C)(O5)C(=O)[C@@H]4O)C6=O)n3)c(=O)oc2c1. The number of benzene rings is 2. The van der Waals surface area contributed by atoms with Crippen molar-refractivity contribution in [1.29, 1.82) is 0 Å². The number of esters is 1. The van der Waals surface area contributed by atoms with Crippen molar-refractivity contribution in [1.82, 2.24) is 10.3 Å². The van der Waals surface area contributed by atoms with E-state index < -0.39 is 122 Å². The fourth-order valence-corrected chi connectivity index (χ4v) is 6.99. The Bertz CT molecular complexity index is 2690. The van der Waals surface area contributed by atoms with E-state index in [0.29, 0.717) is 5.75 Å². The van der Waals surface area contributed by atoms with Crippen molar-refractivity contribution >= 4 is 51.7 Å². The Morgan fingerprint density at radius 2 is 1.69 bits per heavy atom. The number of phenolic OH excluding ortho intramolecular Hbond substituents is 1. The summed E-state index contributed by atoms with van der Waals surface area (Å²) in [5, 5.41) is 49.1. The van der Waals surface area contributed by atoms with Gasteiger partial charge in [0.05, 0.1) is 30.2 Å². The molecule has 0 saturated heterocycles. The standard InChI is InChI=1S/C40H33N3O15/c1-14-10-16(3)34(33(50)36(51)40(4)13-41-26-31(48)19-11-15(2)29(46)24(28(14)45)23(19)32(49)35(26)58-40)57-38(53)25-21(44)9-8-20(42-25)37(52)43-27-30(47)18-7-6-17(55-5)12-22(18)56-39(27)54/h6-12,16,33-34,41,44,46-47,50H,13H2,1-5H3,(H,43,52)/b14-10-/t16-,33+,34-,40-/m0/s1. The highest BCUT2D eigenvalue weighted by atomic mass is 16.6. The largest absolute Gasteiger partial charge is 0.507 e. The molecule has 3 aliphatic rings. The van der Waals surface area contributed by atoms with Gasteiger partial charge in [-0.3, -0.25) is 24.0 Å². The number of aromatic hydroxyl groups is 3. The number of allylic oxidation sites excluding steroid dienone is 3. The summed E-state index contributed by atoms with van der Waals surface area (Å²) >= 11 is 0. The number of amides is 1. The fourth-order valence-electron chi connectivity index (χ4n) is 6.99. The zero-order valence-corrected chi connectivity index (χ0v) is 31.2. The Morgan fingerprint density at radius 3 is 2.40 bits per heavy atom. The van der Waals surface area contributed by atoms with Gasteiger partial charge in [0.2, 0.25) is 17.3 Å². The molecule has 0 saturated carbocycles. The number of phenols is 1. The molecule has 2 aromatic carbocycles. The number of hydrogen-bond acceptors (Lipinski definition) is 17. The number of aliphatic hydroxyl groups is 1. The van der Waals surface area contributed by atoms with E-state index in [-0.39, 0.29) is 33.4 Å². The fraction of sp³-hybridized carbons (Fsp3) is 0.250. The van der Waals surface area contributed by atoms with Gasteiger partial charge < -0.3 is 49.7 Å². The number of nitrogens with one attached hydrogen (secondary N) is 2. The van der Waals surface area contributed by atoms with Crippen molar-refractivity contribution in [3.8, 4) is 23.0 Å². The molecule has 2 aliphatic heterocycles. The van der Waals surface area contributed by atoms with Gasteiger partial charge in [0.15, 0.2) is 40.4 Å². The van der Waals surface area contributed by atoms with Crippen LogP contribution in [0.2, 0.25) is 0 Å². The van der Waals surface area contributed by atoms with Gasteiger partial charge in [-0.05, 0) is 62.2 Å². The number of fused-ring (bicyclic) bond motifs is 2. The van der Waals surface area contributed by atoms with E-state index >= 15 is 0 Å². The number of aryl methyl sites for hydroxylation is 1. The van der Waals surface area contributed by atoms with Crippen LogP contribution < -0.4 is 21.0 Å². The molecular weight excluding hydrogens is 762 g/mol. The lowest BCUT2D eigenvalue weighted by Crippen LogP contribution is -2.59. The van der Waals surface area contributed by atoms with Gasteiger partial charge in [-0.1, -0.05) is 13.0 Å². The summed E-state index contributed by atoms with van der Waals surface area (Å²) in [6.45, 7) is 4.88. The van der Waals surface area contributed by atoms with E-state index in [9.17, 15) is 54.0 Å². The third kappa shape index (κ3) is 6.19. The zero-order chi connectivity index (χ0) is 42.1. The summed E-state index contributed by atoms with van der Waals surface area (Å²) in [4.78, 5) is 99.3. The number of carbonyl (C=O) groups is 6. The first kappa shape index (κ1) is 38.9. The first-order valence-corrected chi connectivity index (χ1v) is 17.5. The summed E-state index contributed by atoms with van der Waals surface area (Å²) < 4.78 is 21.8. The number of methoxy groups -OCH3 is 1. The van der Waals surface area contributed by atoms with Crippen molar-refractivity contribution in [3.05, 3.63) is 104 Å². The molecule has 1 amide bonds. The third-order valence-electron chi connectivity index (χ3n) is 10.1. The second kappa shape index (κ2) is 14.0. The maximum atomic E-state index is 14.1. The number of Topliss-reactive ketones (excluding diaryl/α,β-unsaturated/α-hetero) is 4. The Labute approximate surface area is 326 Å². The molecule has 58 heavy (non-hydrogen) atoms. The van der Waals surface area contributed by atoms with E-state index in [2.05, 4.69) is 15.6 Å². The molecule has 2 aromatic heterocycles. The molecule has 18 heteroatoms. The molecule has 0 spiro atoms. The number of hydrogen-bond donors (Lipinski definition) is 6. The maximum absolute atomic E-state index is 14.1. The molecule has 0 radical (unpaired) electrons. The maximum Gasteiger partial charge on any atom is 0.364 e. The summed E-state index contributed by atoms with van der Waals surface area (Å²) in [5.41, 5.74) is -6.86. The number of rotatable bonds is 5. The molecule has 4 heterocycles. The molecule has 298 valence electrons. The van der Waals surface area contributed by atoms with E-state index in [1.807, 2.05) is 0 Å². The van der Waals surface area contributed by atoms with E-state index in [0.717, 1.165) is 12.1 Å². The van der Waals surface area contributed by atoms with E-state index in [1.54, 1.807) is 0 Å². The van der Waals surface area contributed by atoms with Crippen molar-refractivity contribution in [2.24, 2.45) is 5.92 Å². The Hall–Kier alpha value is -7.34. The number of nitrogens with zero attached hydrogens (tertiary/aromatic N) is 1. The third-order valence-corrected chi connectivity index (χ3v) is 10.1. The molecule has 7 rings (SSSR count).